The zero-order valence-corrected chi connectivity index (χ0v) is 9.08. The van der Waals surface area contributed by atoms with Gasteiger partial charge in [0.15, 0.2) is 5.60 Å². The van der Waals surface area contributed by atoms with Crippen LogP contribution in [-0.2, 0) is 5.60 Å². The topological polar surface area (TPSA) is 20.2 Å². The van der Waals surface area contributed by atoms with Gasteiger partial charge < -0.3 is 5.11 Å². The van der Waals surface area contributed by atoms with Crippen molar-refractivity contribution in [1.29, 1.82) is 0 Å². The Morgan fingerprint density at radius 2 is 1.67 bits per heavy atom. The molecular weight excluding hydrogens is 252 g/mol. The highest BCUT2D eigenvalue weighted by Crippen LogP contribution is 2.40. The fraction of sp³-hybridized carbons (Fsp3) is 0.333. The minimum Gasteiger partial charge on any atom is -0.376 e. The van der Waals surface area contributed by atoms with E-state index >= 15 is 0 Å². The van der Waals surface area contributed by atoms with E-state index in [9.17, 15) is 18.3 Å². The molecule has 0 bridgehead atoms. The van der Waals surface area contributed by atoms with Crippen LogP contribution < -0.4 is 0 Å². The van der Waals surface area contributed by atoms with Gasteiger partial charge in [-0.3, -0.25) is 0 Å². The van der Waals surface area contributed by atoms with Gasteiger partial charge in [-0.25, -0.2) is 0 Å². The first kappa shape index (κ1) is 12.6. The summed E-state index contributed by atoms with van der Waals surface area (Å²) in [5.74, 6) is 0. The SMILES string of the molecule is CC(O)(c1ccc(Cl)c(Cl)c1)C(F)(F)F. The molecule has 1 atom stereocenters. The summed E-state index contributed by atoms with van der Waals surface area (Å²) in [6, 6.07) is 3.29. The quantitative estimate of drug-likeness (QED) is 0.813. The van der Waals surface area contributed by atoms with Gasteiger partial charge in [0, 0.05) is 0 Å². The molecule has 1 N–H and O–H groups in total. The normalized spacial score (nSPS) is 16.2. The molecule has 6 heteroatoms. The van der Waals surface area contributed by atoms with Crippen molar-refractivity contribution >= 4 is 23.2 Å². The molecule has 84 valence electrons. The van der Waals surface area contributed by atoms with Crippen molar-refractivity contribution in [2.75, 3.05) is 0 Å². The van der Waals surface area contributed by atoms with Gasteiger partial charge in [0.25, 0.3) is 0 Å². The summed E-state index contributed by atoms with van der Waals surface area (Å²) in [7, 11) is 0. The Bertz CT molecular complexity index is 374. The number of aliphatic hydroxyl groups is 1. The van der Waals surface area contributed by atoms with Crippen molar-refractivity contribution in [3.63, 3.8) is 0 Å². The lowest BCUT2D eigenvalue weighted by molar-refractivity contribution is -0.258. The van der Waals surface area contributed by atoms with Crippen molar-refractivity contribution in [2.24, 2.45) is 0 Å². The summed E-state index contributed by atoms with van der Waals surface area (Å²) in [6.07, 6.45) is -4.76. The molecule has 0 amide bonds. The second-order valence-electron chi connectivity index (χ2n) is 3.20. The Morgan fingerprint density at radius 3 is 2.07 bits per heavy atom. The van der Waals surface area contributed by atoms with Crippen LogP contribution in [0.25, 0.3) is 0 Å². The Balaban J connectivity index is 3.22. The van der Waals surface area contributed by atoms with Crippen molar-refractivity contribution in [1.82, 2.24) is 0 Å². The fourth-order valence-electron chi connectivity index (χ4n) is 0.963. The molecule has 1 aromatic carbocycles. The maximum atomic E-state index is 12.4. The van der Waals surface area contributed by atoms with Gasteiger partial charge in [-0.05, 0) is 24.6 Å². The summed E-state index contributed by atoms with van der Waals surface area (Å²) in [4.78, 5) is 0. The first-order valence-corrected chi connectivity index (χ1v) is 4.66. The Labute approximate surface area is 94.4 Å². The van der Waals surface area contributed by atoms with Gasteiger partial charge in [0.2, 0.25) is 0 Å². The lowest BCUT2D eigenvalue weighted by Gasteiger charge is -2.26. The smallest absolute Gasteiger partial charge is 0.376 e. The number of halogens is 5. The summed E-state index contributed by atoms with van der Waals surface area (Å²) in [5, 5.41) is 9.42. The molecule has 15 heavy (non-hydrogen) atoms. The average Bonchev–Trinajstić information content (AvgIpc) is 2.07. The van der Waals surface area contributed by atoms with Gasteiger partial charge in [0.1, 0.15) is 0 Å². The Hall–Kier alpha value is -0.450. The maximum absolute atomic E-state index is 12.4. The molecule has 1 aromatic rings. The molecule has 0 aromatic heterocycles. The van der Waals surface area contributed by atoms with E-state index in [2.05, 4.69) is 0 Å². The summed E-state index contributed by atoms with van der Waals surface area (Å²) in [5.41, 5.74) is -3.27. The summed E-state index contributed by atoms with van der Waals surface area (Å²) < 4.78 is 37.3. The highest BCUT2D eigenvalue weighted by atomic mass is 35.5. The molecule has 0 saturated carbocycles. The molecule has 1 unspecified atom stereocenters. The van der Waals surface area contributed by atoms with Crippen LogP contribution >= 0.6 is 23.2 Å². The van der Waals surface area contributed by atoms with Gasteiger partial charge >= 0.3 is 6.18 Å². The highest BCUT2D eigenvalue weighted by molar-refractivity contribution is 6.42. The van der Waals surface area contributed by atoms with E-state index in [1.54, 1.807) is 0 Å². The molecule has 0 radical (unpaired) electrons. The minimum absolute atomic E-state index is 0.0290. The molecular formula is C9H7Cl2F3O. The number of benzene rings is 1. The molecule has 1 rings (SSSR count). The molecule has 0 aliphatic heterocycles. The van der Waals surface area contributed by atoms with Crippen LogP contribution in [0.1, 0.15) is 12.5 Å². The van der Waals surface area contributed by atoms with Crippen LogP contribution in [0.3, 0.4) is 0 Å². The maximum Gasteiger partial charge on any atom is 0.421 e. The third-order valence-corrected chi connectivity index (χ3v) is 2.77. The monoisotopic (exact) mass is 258 g/mol. The van der Waals surface area contributed by atoms with E-state index in [4.69, 9.17) is 23.2 Å². The number of hydrogen-bond acceptors (Lipinski definition) is 1. The van der Waals surface area contributed by atoms with Crippen LogP contribution in [0.4, 0.5) is 13.2 Å². The van der Waals surface area contributed by atoms with Crippen LogP contribution in [0.15, 0.2) is 18.2 Å². The minimum atomic E-state index is -4.76. The predicted octanol–water partition coefficient (Wildman–Crippen LogP) is 3.76. The average molecular weight is 259 g/mol. The molecule has 0 spiro atoms. The van der Waals surface area contributed by atoms with Crippen LogP contribution in [0, 0.1) is 0 Å². The first-order valence-electron chi connectivity index (χ1n) is 3.91. The molecule has 0 aliphatic carbocycles. The standard InChI is InChI=1S/C9H7Cl2F3O/c1-8(15,9(12,13)14)5-2-3-6(10)7(11)4-5/h2-4,15H,1H3. The predicted molar refractivity (Wildman–Crippen MR) is 52.1 cm³/mol. The molecule has 0 fully saturated rings. The van der Waals surface area contributed by atoms with E-state index in [1.165, 1.54) is 6.07 Å². The van der Waals surface area contributed by atoms with E-state index < -0.39 is 11.8 Å². The number of rotatable bonds is 1. The highest BCUT2D eigenvalue weighted by Gasteiger charge is 2.51. The summed E-state index contributed by atoms with van der Waals surface area (Å²) >= 11 is 11.1. The van der Waals surface area contributed by atoms with Gasteiger partial charge in [0.05, 0.1) is 10.0 Å². The zero-order chi connectivity index (χ0) is 11.9. The Morgan fingerprint density at radius 1 is 1.13 bits per heavy atom. The van der Waals surface area contributed by atoms with E-state index in [0.717, 1.165) is 12.1 Å². The largest absolute Gasteiger partial charge is 0.421 e. The van der Waals surface area contributed by atoms with Gasteiger partial charge in [-0.15, -0.1) is 0 Å². The molecule has 0 heterocycles. The second kappa shape index (κ2) is 3.85. The van der Waals surface area contributed by atoms with Gasteiger partial charge in [-0.1, -0.05) is 29.3 Å². The molecule has 0 aliphatic rings. The van der Waals surface area contributed by atoms with Gasteiger partial charge in [-0.2, -0.15) is 13.2 Å². The van der Waals surface area contributed by atoms with Crippen LogP contribution in [0.5, 0.6) is 0 Å². The molecule has 1 nitrogen and oxygen atoms in total. The van der Waals surface area contributed by atoms with Crippen molar-refractivity contribution < 1.29 is 18.3 Å². The third-order valence-electron chi connectivity index (χ3n) is 2.03. The fourth-order valence-corrected chi connectivity index (χ4v) is 1.26. The zero-order valence-electron chi connectivity index (χ0n) is 7.57. The number of alkyl halides is 3. The number of hydrogen-bond donors (Lipinski definition) is 1. The lowest BCUT2D eigenvalue weighted by atomic mass is 9.95. The lowest BCUT2D eigenvalue weighted by Crippen LogP contribution is -2.39. The Kier molecular flexibility index (Phi) is 3.24. The third kappa shape index (κ3) is 2.38. The van der Waals surface area contributed by atoms with Crippen molar-refractivity contribution in [2.45, 2.75) is 18.7 Å². The first-order chi connectivity index (χ1) is 6.66. The van der Waals surface area contributed by atoms with Crippen molar-refractivity contribution in [3.05, 3.63) is 33.8 Å². The van der Waals surface area contributed by atoms with E-state index in [0.29, 0.717) is 6.92 Å². The summed E-state index contributed by atoms with van der Waals surface area (Å²) in [6.45, 7) is 0.659. The van der Waals surface area contributed by atoms with Crippen LogP contribution in [0.2, 0.25) is 10.0 Å². The van der Waals surface area contributed by atoms with E-state index in [-0.39, 0.29) is 15.6 Å². The second-order valence-corrected chi connectivity index (χ2v) is 4.01. The van der Waals surface area contributed by atoms with Crippen molar-refractivity contribution in [3.8, 4) is 0 Å². The van der Waals surface area contributed by atoms with E-state index in [1.807, 2.05) is 0 Å². The van der Waals surface area contributed by atoms with Crippen LogP contribution in [-0.4, -0.2) is 11.3 Å². The molecule has 0 saturated heterocycles.